The molecule has 360 valence electrons. The highest BCUT2D eigenvalue weighted by Crippen LogP contribution is 2.31. The molecule has 2 aliphatic heterocycles. The number of carbonyl (C=O) groups is 5. The fourth-order valence-corrected chi connectivity index (χ4v) is 8.69. The van der Waals surface area contributed by atoms with Crippen LogP contribution in [0.5, 0.6) is 11.5 Å². The number of nitrogens with one attached hydrogen (secondary N) is 4. The monoisotopic (exact) mass is 1020 g/mol. The van der Waals surface area contributed by atoms with Crippen molar-refractivity contribution in [2.75, 3.05) is 35.7 Å². The molecule has 2 aromatic carbocycles. The minimum atomic E-state index is -0.995. The number of fused-ring (bicyclic) bond motifs is 1. The quantitative estimate of drug-likeness (QED) is 0.0893. The van der Waals surface area contributed by atoms with Gasteiger partial charge in [0.25, 0.3) is 11.8 Å². The van der Waals surface area contributed by atoms with Gasteiger partial charge in [-0.05, 0) is 80.1 Å². The van der Waals surface area contributed by atoms with Crippen LogP contribution in [0.15, 0.2) is 126 Å². The Labute approximate surface area is 415 Å². The summed E-state index contributed by atoms with van der Waals surface area (Å²) in [7, 11) is 0. The van der Waals surface area contributed by atoms with E-state index in [4.69, 9.17) is 9.47 Å². The highest BCUT2D eigenvalue weighted by molar-refractivity contribution is 7.14. The molecule has 0 unspecified atom stereocenters. The van der Waals surface area contributed by atoms with Crippen LogP contribution >= 0.6 is 34.0 Å². The van der Waals surface area contributed by atoms with Crippen molar-refractivity contribution >= 4 is 79.1 Å². The molecule has 8 heterocycles. The first-order valence-electron chi connectivity index (χ1n) is 21.3. The SMILES string of the molecule is CC1(C)NC(=O)N(CC(=O)Nc2nc(-c3ccccn3)cs2)C1=O.O=C(Cc1ccc2c(c1)OCCO2)Nc1nc(-c2ccccn2)cs1.O=C(Nc1nc(-c2ccccn2)cs1)c1cc(F)cc(F)c1. The van der Waals surface area contributed by atoms with E-state index in [9.17, 15) is 32.8 Å². The first kappa shape index (κ1) is 49.0. The Morgan fingerprint density at radius 2 is 1.13 bits per heavy atom. The van der Waals surface area contributed by atoms with Crippen molar-refractivity contribution in [1.82, 2.24) is 40.1 Å². The number of anilines is 3. The zero-order valence-electron chi connectivity index (χ0n) is 37.4. The first-order chi connectivity index (χ1) is 34.3. The number of hydrogen-bond donors (Lipinski definition) is 4. The number of aromatic nitrogens is 6. The van der Waals surface area contributed by atoms with Gasteiger partial charge in [-0.25, -0.2) is 28.5 Å². The molecular weight excluding hydrogens is 977 g/mol. The van der Waals surface area contributed by atoms with Crippen molar-refractivity contribution in [3.8, 4) is 45.7 Å². The van der Waals surface area contributed by atoms with Crippen LogP contribution in [0.4, 0.5) is 29.0 Å². The van der Waals surface area contributed by atoms with Crippen molar-refractivity contribution in [3.05, 3.63) is 148 Å². The molecule has 0 aliphatic carbocycles. The summed E-state index contributed by atoms with van der Waals surface area (Å²) in [5.41, 5.74) is 3.94. The van der Waals surface area contributed by atoms with Crippen LogP contribution in [0.2, 0.25) is 0 Å². The van der Waals surface area contributed by atoms with E-state index in [-0.39, 0.29) is 24.4 Å². The Balaban J connectivity index is 0.000000143. The van der Waals surface area contributed by atoms with Crippen molar-refractivity contribution in [2.24, 2.45) is 0 Å². The van der Waals surface area contributed by atoms with Gasteiger partial charge in [-0.2, -0.15) is 0 Å². The molecule has 0 bridgehead atoms. The zero-order valence-corrected chi connectivity index (χ0v) is 39.9. The van der Waals surface area contributed by atoms with Crippen molar-refractivity contribution in [1.29, 1.82) is 0 Å². The maximum absolute atomic E-state index is 13.1. The number of benzene rings is 2. The summed E-state index contributed by atoms with van der Waals surface area (Å²) in [6.45, 7) is 3.90. The second kappa shape index (κ2) is 22.3. The minimum absolute atomic E-state index is 0.105. The third-order valence-electron chi connectivity index (χ3n) is 9.85. The van der Waals surface area contributed by atoms with E-state index >= 15 is 0 Å². The average Bonchev–Trinajstić information content (AvgIpc) is 4.19. The van der Waals surface area contributed by atoms with Crippen LogP contribution in [0.25, 0.3) is 34.2 Å². The summed E-state index contributed by atoms with van der Waals surface area (Å²) < 4.78 is 37.2. The molecule has 0 radical (unpaired) electrons. The summed E-state index contributed by atoms with van der Waals surface area (Å²) in [5.74, 6) is -1.89. The number of nitrogens with zero attached hydrogens (tertiary/aromatic N) is 7. The second-order valence-electron chi connectivity index (χ2n) is 15.6. The number of hydrogen-bond acceptors (Lipinski definition) is 16. The minimum Gasteiger partial charge on any atom is -0.486 e. The highest BCUT2D eigenvalue weighted by Gasteiger charge is 2.45. The zero-order chi connectivity index (χ0) is 49.9. The van der Waals surface area contributed by atoms with E-state index in [1.807, 2.05) is 60.0 Å². The van der Waals surface area contributed by atoms with E-state index in [1.165, 1.54) is 34.0 Å². The lowest BCUT2D eigenvalue weighted by Crippen LogP contribution is -2.41. The average molecular weight is 1020 g/mol. The summed E-state index contributed by atoms with van der Waals surface area (Å²) in [4.78, 5) is 86.6. The lowest BCUT2D eigenvalue weighted by atomic mass is 10.1. The van der Waals surface area contributed by atoms with Gasteiger partial charge in [-0.15, -0.1) is 34.0 Å². The Kier molecular flexibility index (Phi) is 15.4. The normalized spacial score (nSPS) is 13.2. The van der Waals surface area contributed by atoms with Crippen LogP contribution in [0.1, 0.15) is 29.8 Å². The molecule has 4 N–H and O–H groups in total. The standard InChI is InChI=1S/C18H15N3O3S.C15H9F2N3OS.C15H15N5O3S/c22-17(10-12-4-5-15-16(9-12)24-8-7-23-15)21-18-20-14(11-25-18)13-3-1-2-6-19-13;16-10-5-9(6-11(17)7-10)14(21)20-15-19-13(8-22-15)12-3-1-2-4-18-12;1-15(2)12(22)20(14(23)19-15)7-11(21)18-13-17-10(8-24-13)9-5-3-4-6-16-9/h1-6,9,11H,7-8,10H2,(H,20,21,22);1-8H,(H,19,20,21);3-6,8H,7H2,1-2H3,(H,19,23)(H,17,18,21). The number of halogens is 2. The molecule has 6 aromatic heterocycles. The fraction of sp³-hybridized carbons (Fsp3) is 0.146. The summed E-state index contributed by atoms with van der Waals surface area (Å²) in [6.07, 6.45) is 5.26. The number of pyridine rings is 3. The van der Waals surface area contributed by atoms with Crippen molar-refractivity contribution in [3.63, 3.8) is 0 Å². The maximum Gasteiger partial charge on any atom is 0.325 e. The Hall–Kier alpha value is -8.41. The van der Waals surface area contributed by atoms with E-state index in [0.29, 0.717) is 63.2 Å². The molecule has 0 saturated carbocycles. The molecule has 8 aromatic rings. The summed E-state index contributed by atoms with van der Waals surface area (Å²) in [5, 5.41) is 17.1. The molecule has 0 spiro atoms. The molecule has 23 heteroatoms. The summed E-state index contributed by atoms with van der Waals surface area (Å²) in [6, 6.07) is 24.1. The first-order valence-corrected chi connectivity index (χ1v) is 23.9. The van der Waals surface area contributed by atoms with Crippen LogP contribution in [-0.4, -0.2) is 89.8 Å². The van der Waals surface area contributed by atoms with E-state index in [1.54, 1.807) is 61.4 Å². The van der Waals surface area contributed by atoms with Gasteiger partial charge < -0.3 is 25.4 Å². The Bertz CT molecular complexity index is 3180. The van der Waals surface area contributed by atoms with Gasteiger partial charge in [-0.3, -0.25) is 44.3 Å². The van der Waals surface area contributed by atoms with Crippen LogP contribution < -0.4 is 30.7 Å². The highest BCUT2D eigenvalue weighted by atomic mass is 32.1. The number of amides is 6. The number of rotatable bonds is 11. The molecule has 18 nitrogen and oxygen atoms in total. The maximum atomic E-state index is 13.1. The number of ether oxygens (including phenoxy) is 2. The van der Waals surface area contributed by atoms with Crippen molar-refractivity contribution in [2.45, 2.75) is 25.8 Å². The van der Waals surface area contributed by atoms with Gasteiger partial charge >= 0.3 is 6.03 Å². The smallest absolute Gasteiger partial charge is 0.325 e. The van der Waals surface area contributed by atoms with Gasteiger partial charge in [0.1, 0.15) is 54.0 Å². The Morgan fingerprint density at radius 1 is 0.634 bits per heavy atom. The lowest BCUT2D eigenvalue weighted by molar-refractivity contribution is -0.132. The van der Waals surface area contributed by atoms with E-state index in [2.05, 4.69) is 51.2 Å². The molecule has 71 heavy (non-hydrogen) atoms. The molecular formula is C48H39F2N11O7S3. The predicted octanol–water partition coefficient (Wildman–Crippen LogP) is 8.37. The molecule has 6 amide bonds. The van der Waals surface area contributed by atoms with Gasteiger partial charge in [0.2, 0.25) is 11.8 Å². The number of thiazole rings is 3. The Morgan fingerprint density at radius 3 is 1.61 bits per heavy atom. The second-order valence-corrected chi connectivity index (χ2v) is 18.1. The van der Waals surface area contributed by atoms with Crippen LogP contribution in [0.3, 0.4) is 0 Å². The third-order valence-corrected chi connectivity index (χ3v) is 12.1. The van der Waals surface area contributed by atoms with Crippen LogP contribution in [-0.2, 0) is 20.8 Å². The molecule has 1 fully saturated rings. The fourth-order valence-electron chi connectivity index (χ4n) is 6.55. The van der Waals surface area contributed by atoms with Gasteiger partial charge in [0, 0.05) is 46.4 Å². The topological polar surface area (TPSA) is 233 Å². The predicted molar refractivity (Wildman–Crippen MR) is 263 cm³/mol. The van der Waals surface area contributed by atoms with E-state index < -0.39 is 40.9 Å². The number of imide groups is 1. The third kappa shape index (κ3) is 13.0. The van der Waals surface area contributed by atoms with Crippen molar-refractivity contribution < 1.29 is 42.2 Å². The molecule has 0 atom stereocenters. The molecule has 1 saturated heterocycles. The lowest BCUT2D eigenvalue weighted by Gasteiger charge is -2.18. The van der Waals surface area contributed by atoms with E-state index in [0.717, 1.165) is 39.7 Å². The largest absolute Gasteiger partial charge is 0.486 e. The van der Waals surface area contributed by atoms with Crippen LogP contribution in [0, 0.1) is 11.6 Å². The van der Waals surface area contributed by atoms with Gasteiger partial charge in [-0.1, -0.05) is 24.3 Å². The number of carbonyl (C=O) groups excluding carboxylic acids is 5. The number of urea groups is 1. The van der Waals surface area contributed by atoms with Gasteiger partial charge in [0.05, 0.1) is 23.5 Å². The molecule has 10 rings (SSSR count). The molecule has 2 aliphatic rings. The summed E-state index contributed by atoms with van der Waals surface area (Å²) >= 11 is 3.83. The van der Waals surface area contributed by atoms with Gasteiger partial charge in [0.15, 0.2) is 26.9 Å².